The van der Waals surface area contributed by atoms with Crippen LogP contribution in [-0.4, -0.2) is 63.6 Å². The van der Waals surface area contributed by atoms with E-state index in [0.29, 0.717) is 31.7 Å². The van der Waals surface area contributed by atoms with Crippen molar-refractivity contribution in [2.45, 2.75) is 0 Å². The fourth-order valence-electron chi connectivity index (χ4n) is 5.22. The fourth-order valence-corrected chi connectivity index (χ4v) is 5.22. The first kappa shape index (κ1) is 26.7. The van der Waals surface area contributed by atoms with Crippen LogP contribution in [0, 0.1) is 10.1 Å². The van der Waals surface area contributed by atoms with Gasteiger partial charge < -0.3 is 19.1 Å². The second-order valence-electron chi connectivity index (χ2n) is 9.87. The summed E-state index contributed by atoms with van der Waals surface area (Å²) in [6, 6.07) is 24.2. The molecule has 2 aromatic heterocycles. The Labute approximate surface area is 242 Å². The van der Waals surface area contributed by atoms with Crippen molar-refractivity contribution in [3.8, 4) is 22.6 Å². The van der Waals surface area contributed by atoms with Crippen molar-refractivity contribution in [1.29, 1.82) is 0 Å². The van der Waals surface area contributed by atoms with E-state index in [1.165, 1.54) is 18.2 Å². The number of fused-ring (bicyclic) bond motifs is 1. The summed E-state index contributed by atoms with van der Waals surface area (Å²) in [6.45, 7) is 2.24. The van der Waals surface area contributed by atoms with E-state index in [-0.39, 0.29) is 11.6 Å². The van der Waals surface area contributed by atoms with Crippen LogP contribution in [-0.2, 0) is 4.79 Å². The number of carbonyl (C=O) groups excluding carboxylic acids is 1. The highest BCUT2D eigenvalue weighted by molar-refractivity contribution is 6.02. The average molecular weight is 561 g/mol. The molecule has 42 heavy (non-hydrogen) atoms. The summed E-state index contributed by atoms with van der Waals surface area (Å²) in [7, 11) is 1.65. The van der Waals surface area contributed by atoms with Gasteiger partial charge in [0.1, 0.15) is 17.9 Å². The van der Waals surface area contributed by atoms with E-state index >= 15 is 0 Å². The van der Waals surface area contributed by atoms with Crippen molar-refractivity contribution in [2.75, 3.05) is 38.2 Å². The molecule has 0 aliphatic carbocycles. The highest BCUT2D eigenvalue weighted by Crippen LogP contribution is 2.37. The van der Waals surface area contributed by atoms with Crippen molar-refractivity contribution in [1.82, 2.24) is 19.4 Å². The topological polar surface area (TPSA) is 107 Å². The van der Waals surface area contributed by atoms with Gasteiger partial charge in [-0.3, -0.25) is 14.9 Å². The maximum absolute atomic E-state index is 12.9. The lowest BCUT2D eigenvalue weighted by atomic mass is 10.1. The number of anilines is 1. The maximum atomic E-state index is 12.9. The van der Waals surface area contributed by atoms with Gasteiger partial charge in [0.05, 0.1) is 17.4 Å². The van der Waals surface area contributed by atoms with Crippen LogP contribution in [0.1, 0.15) is 5.56 Å². The van der Waals surface area contributed by atoms with Gasteiger partial charge in [0.25, 0.3) is 5.69 Å². The molecule has 0 saturated carbocycles. The van der Waals surface area contributed by atoms with E-state index in [1.54, 1.807) is 36.5 Å². The quantitative estimate of drug-likeness (QED) is 0.150. The summed E-state index contributed by atoms with van der Waals surface area (Å²) in [5, 5.41) is 12.0. The Morgan fingerprint density at radius 1 is 0.952 bits per heavy atom. The van der Waals surface area contributed by atoms with E-state index in [0.717, 1.165) is 39.4 Å². The van der Waals surface area contributed by atoms with Crippen molar-refractivity contribution < 1.29 is 14.5 Å². The molecule has 10 nitrogen and oxygen atoms in total. The first-order valence-electron chi connectivity index (χ1n) is 13.5. The van der Waals surface area contributed by atoms with Crippen LogP contribution in [0.3, 0.4) is 0 Å². The first-order chi connectivity index (χ1) is 20.5. The molecule has 1 saturated heterocycles. The lowest BCUT2D eigenvalue weighted by Gasteiger charge is -2.35. The molecule has 3 aromatic carbocycles. The average Bonchev–Trinajstić information content (AvgIpc) is 3.44. The Morgan fingerprint density at radius 3 is 2.43 bits per heavy atom. The molecular weight excluding hydrogens is 532 g/mol. The summed E-state index contributed by atoms with van der Waals surface area (Å²) in [6.07, 6.45) is 6.77. The van der Waals surface area contributed by atoms with Gasteiger partial charge in [-0.05, 0) is 41.5 Å². The number of methoxy groups -OCH3 is 1. The predicted molar refractivity (Wildman–Crippen MR) is 162 cm³/mol. The first-order valence-corrected chi connectivity index (χ1v) is 13.5. The van der Waals surface area contributed by atoms with Gasteiger partial charge in [-0.2, -0.15) is 0 Å². The molecule has 0 spiro atoms. The Bertz CT molecular complexity index is 1770. The Hall–Kier alpha value is -5.51. The molecule has 0 unspecified atom stereocenters. The van der Waals surface area contributed by atoms with Crippen LogP contribution in [0.5, 0.6) is 5.75 Å². The number of amides is 1. The minimum absolute atomic E-state index is 0.00919. The summed E-state index contributed by atoms with van der Waals surface area (Å²) in [5.74, 6) is 1.47. The normalized spacial score (nSPS) is 13.5. The van der Waals surface area contributed by atoms with E-state index in [4.69, 9.17) is 14.7 Å². The monoisotopic (exact) mass is 560 g/mol. The number of nitrogens with zero attached hydrogens (tertiary/aromatic N) is 6. The number of nitro groups is 1. The van der Waals surface area contributed by atoms with E-state index in [2.05, 4.69) is 27.8 Å². The smallest absolute Gasteiger partial charge is 0.270 e. The fraction of sp³-hybridized carbons (Fsp3) is 0.156. The van der Waals surface area contributed by atoms with Crippen LogP contribution >= 0.6 is 0 Å². The zero-order valence-electron chi connectivity index (χ0n) is 23.0. The molecule has 0 atom stereocenters. The van der Waals surface area contributed by atoms with Gasteiger partial charge in [-0.15, -0.1) is 0 Å². The molecule has 1 fully saturated rings. The SMILES string of the molecule is COc1ccc(-n2cc(-c3ccccc3)c3c(N4CCN(C(=O)/C=C/c5cccc([N+](=O)[O-])c5)CC4)ncnc32)cc1. The number of nitro benzene ring substituents is 1. The highest BCUT2D eigenvalue weighted by Gasteiger charge is 2.25. The summed E-state index contributed by atoms with van der Waals surface area (Å²) >= 11 is 0. The number of ether oxygens (including phenoxy) is 1. The minimum atomic E-state index is -0.448. The molecule has 3 heterocycles. The third-order valence-corrected chi connectivity index (χ3v) is 7.39. The van der Waals surface area contributed by atoms with Crippen molar-refractivity contribution in [3.63, 3.8) is 0 Å². The number of piperazine rings is 1. The van der Waals surface area contributed by atoms with E-state index < -0.39 is 4.92 Å². The third kappa shape index (κ3) is 5.29. The van der Waals surface area contributed by atoms with Gasteiger partial charge >= 0.3 is 0 Å². The molecule has 1 amide bonds. The van der Waals surface area contributed by atoms with Crippen molar-refractivity contribution in [3.05, 3.63) is 113 Å². The van der Waals surface area contributed by atoms with E-state index in [9.17, 15) is 14.9 Å². The molecule has 1 aliphatic heterocycles. The van der Waals surface area contributed by atoms with Gasteiger partial charge in [0.15, 0.2) is 5.65 Å². The Balaban J connectivity index is 1.27. The van der Waals surface area contributed by atoms with Crippen LogP contribution in [0.2, 0.25) is 0 Å². The van der Waals surface area contributed by atoms with Crippen LogP contribution in [0.15, 0.2) is 97.5 Å². The van der Waals surface area contributed by atoms with Gasteiger partial charge in [0.2, 0.25) is 5.91 Å². The summed E-state index contributed by atoms with van der Waals surface area (Å²) < 4.78 is 7.41. The van der Waals surface area contributed by atoms with Crippen LogP contribution in [0.25, 0.3) is 33.9 Å². The summed E-state index contributed by atoms with van der Waals surface area (Å²) in [5.41, 5.74) is 4.43. The summed E-state index contributed by atoms with van der Waals surface area (Å²) in [4.78, 5) is 36.9. The largest absolute Gasteiger partial charge is 0.497 e. The van der Waals surface area contributed by atoms with Gasteiger partial charge in [-0.25, -0.2) is 9.97 Å². The van der Waals surface area contributed by atoms with Crippen LogP contribution in [0.4, 0.5) is 11.5 Å². The molecule has 6 rings (SSSR count). The van der Waals surface area contributed by atoms with Crippen molar-refractivity contribution in [2.24, 2.45) is 0 Å². The standard InChI is InChI=1S/C32H28N6O4/c1-42-27-13-11-25(12-14-27)37-21-28(24-7-3-2-4-8-24)30-31(33-22-34-32(30)37)36-18-16-35(17-19-36)29(39)15-10-23-6-5-9-26(20-23)38(40)41/h2-15,20-22H,16-19H2,1H3/b15-10+. The van der Waals surface area contributed by atoms with Gasteiger partial charge in [-0.1, -0.05) is 42.5 Å². The number of rotatable bonds is 7. The Kier molecular flexibility index (Phi) is 7.33. The second kappa shape index (κ2) is 11.5. The zero-order valence-corrected chi connectivity index (χ0v) is 23.0. The number of non-ortho nitro benzene ring substituents is 1. The molecule has 1 aliphatic rings. The minimum Gasteiger partial charge on any atom is -0.497 e. The molecule has 5 aromatic rings. The molecule has 0 N–H and O–H groups in total. The van der Waals surface area contributed by atoms with Crippen molar-refractivity contribution >= 4 is 34.5 Å². The molecular formula is C32H28N6O4. The molecule has 0 bridgehead atoms. The third-order valence-electron chi connectivity index (χ3n) is 7.39. The number of carbonyl (C=O) groups is 1. The molecule has 210 valence electrons. The number of hydrogen-bond acceptors (Lipinski definition) is 7. The number of aromatic nitrogens is 3. The molecule has 0 radical (unpaired) electrons. The zero-order chi connectivity index (χ0) is 29.1. The predicted octanol–water partition coefficient (Wildman–Crippen LogP) is 5.37. The number of hydrogen-bond donors (Lipinski definition) is 0. The highest BCUT2D eigenvalue weighted by atomic mass is 16.6. The lowest BCUT2D eigenvalue weighted by molar-refractivity contribution is -0.384. The van der Waals surface area contributed by atoms with E-state index in [1.807, 2.05) is 42.5 Å². The Morgan fingerprint density at radius 2 is 1.71 bits per heavy atom. The van der Waals surface area contributed by atoms with Gasteiger partial charge in [0, 0.05) is 61.8 Å². The lowest BCUT2D eigenvalue weighted by Crippen LogP contribution is -2.48. The number of benzene rings is 3. The maximum Gasteiger partial charge on any atom is 0.270 e. The van der Waals surface area contributed by atoms with Crippen LogP contribution < -0.4 is 9.64 Å². The second-order valence-corrected chi connectivity index (χ2v) is 9.87. The molecule has 10 heteroatoms.